The van der Waals surface area contributed by atoms with Crippen molar-refractivity contribution in [2.24, 2.45) is 11.8 Å². The molecule has 112 valence electrons. The summed E-state index contributed by atoms with van der Waals surface area (Å²) in [4.78, 5) is 2.55. The fourth-order valence-corrected chi connectivity index (χ4v) is 3.79. The fraction of sp³-hybridized carbons (Fsp3) is 1.00. The van der Waals surface area contributed by atoms with E-state index in [9.17, 15) is 0 Å². The highest BCUT2D eigenvalue weighted by atomic mass is 16.5. The van der Waals surface area contributed by atoms with Crippen LogP contribution in [0, 0.1) is 11.8 Å². The Balaban J connectivity index is 1.73. The van der Waals surface area contributed by atoms with Gasteiger partial charge in [0, 0.05) is 32.3 Å². The third-order valence-electron chi connectivity index (χ3n) is 5.01. The van der Waals surface area contributed by atoms with Crippen LogP contribution in [0.2, 0.25) is 0 Å². The number of hydrogen-bond acceptors (Lipinski definition) is 3. The lowest BCUT2D eigenvalue weighted by Gasteiger charge is -2.34. The van der Waals surface area contributed by atoms with E-state index in [-0.39, 0.29) is 0 Å². The first-order valence-electron chi connectivity index (χ1n) is 8.23. The zero-order valence-electron chi connectivity index (χ0n) is 12.9. The van der Waals surface area contributed by atoms with Crippen LogP contribution in [0.4, 0.5) is 0 Å². The Bertz CT molecular complexity index is 235. The smallest absolute Gasteiger partial charge is 0.0469 e. The van der Waals surface area contributed by atoms with Crippen LogP contribution in [-0.4, -0.2) is 51.3 Å². The first kappa shape index (κ1) is 15.3. The molecular weight excluding hydrogens is 236 g/mol. The molecule has 1 N–H and O–H groups in total. The van der Waals surface area contributed by atoms with Crippen molar-refractivity contribution in [3.05, 3.63) is 0 Å². The van der Waals surface area contributed by atoms with Gasteiger partial charge in [-0.1, -0.05) is 19.3 Å². The van der Waals surface area contributed by atoms with E-state index in [2.05, 4.69) is 24.3 Å². The standard InChI is InChI=1S/C16H32N2O/c1-17-16(15-6-4-3-5-7-15)13-18(2)12-14-8-10-19-11-9-14/h14-17H,3-13H2,1-2H3. The van der Waals surface area contributed by atoms with Gasteiger partial charge in [-0.05, 0) is 51.6 Å². The van der Waals surface area contributed by atoms with Gasteiger partial charge >= 0.3 is 0 Å². The van der Waals surface area contributed by atoms with Gasteiger partial charge in [0.1, 0.15) is 0 Å². The molecule has 0 bridgehead atoms. The number of rotatable bonds is 6. The first-order valence-corrected chi connectivity index (χ1v) is 8.23. The highest BCUT2D eigenvalue weighted by Crippen LogP contribution is 2.27. The summed E-state index contributed by atoms with van der Waals surface area (Å²) >= 11 is 0. The Morgan fingerprint density at radius 3 is 2.42 bits per heavy atom. The van der Waals surface area contributed by atoms with Crippen LogP contribution in [0.1, 0.15) is 44.9 Å². The van der Waals surface area contributed by atoms with Crippen LogP contribution in [0.25, 0.3) is 0 Å². The quantitative estimate of drug-likeness (QED) is 0.801. The van der Waals surface area contributed by atoms with Crippen molar-refractivity contribution in [3.8, 4) is 0 Å². The predicted octanol–water partition coefficient (Wildman–Crippen LogP) is 2.51. The summed E-state index contributed by atoms with van der Waals surface area (Å²) in [5.41, 5.74) is 0. The Labute approximate surface area is 119 Å². The molecule has 0 radical (unpaired) electrons. The average Bonchev–Trinajstić information content (AvgIpc) is 2.47. The minimum Gasteiger partial charge on any atom is -0.381 e. The maximum Gasteiger partial charge on any atom is 0.0469 e. The molecule has 3 nitrogen and oxygen atoms in total. The van der Waals surface area contributed by atoms with Gasteiger partial charge in [0.2, 0.25) is 0 Å². The van der Waals surface area contributed by atoms with Crippen molar-refractivity contribution in [1.82, 2.24) is 10.2 Å². The number of hydrogen-bond donors (Lipinski definition) is 1. The summed E-state index contributed by atoms with van der Waals surface area (Å²) in [5.74, 6) is 1.75. The van der Waals surface area contributed by atoms with E-state index in [1.807, 2.05) is 0 Å². The minimum atomic E-state index is 0.685. The molecule has 0 spiro atoms. The van der Waals surface area contributed by atoms with Gasteiger partial charge in [0.05, 0.1) is 0 Å². The second-order valence-electron chi connectivity index (χ2n) is 6.57. The van der Waals surface area contributed by atoms with Crippen LogP contribution >= 0.6 is 0 Å². The van der Waals surface area contributed by atoms with Crippen molar-refractivity contribution in [2.75, 3.05) is 40.4 Å². The molecule has 19 heavy (non-hydrogen) atoms. The molecule has 1 aliphatic heterocycles. The monoisotopic (exact) mass is 268 g/mol. The van der Waals surface area contributed by atoms with E-state index < -0.39 is 0 Å². The largest absolute Gasteiger partial charge is 0.381 e. The van der Waals surface area contributed by atoms with Crippen molar-refractivity contribution in [3.63, 3.8) is 0 Å². The SMILES string of the molecule is CNC(CN(C)CC1CCOCC1)C1CCCCC1. The summed E-state index contributed by atoms with van der Waals surface area (Å²) < 4.78 is 5.45. The zero-order valence-corrected chi connectivity index (χ0v) is 12.9. The number of likely N-dealkylation sites (N-methyl/N-ethyl adjacent to an activating group) is 2. The van der Waals surface area contributed by atoms with Gasteiger partial charge in [0.25, 0.3) is 0 Å². The Morgan fingerprint density at radius 2 is 1.79 bits per heavy atom. The van der Waals surface area contributed by atoms with E-state index in [0.717, 1.165) is 25.0 Å². The lowest BCUT2D eigenvalue weighted by Crippen LogP contribution is -2.45. The van der Waals surface area contributed by atoms with E-state index >= 15 is 0 Å². The third-order valence-corrected chi connectivity index (χ3v) is 5.01. The van der Waals surface area contributed by atoms with Gasteiger partial charge in [-0.3, -0.25) is 0 Å². The second kappa shape index (κ2) is 8.23. The molecule has 1 unspecified atom stereocenters. The molecule has 1 saturated carbocycles. The van der Waals surface area contributed by atoms with Crippen LogP contribution < -0.4 is 5.32 Å². The molecular formula is C16H32N2O. The molecule has 1 atom stereocenters. The molecule has 1 saturated heterocycles. The van der Waals surface area contributed by atoms with E-state index in [4.69, 9.17) is 4.74 Å². The summed E-state index contributed by atoms with van der Waals surface area (Å²) in [6, 6.07) is 0.685. The predicted molar refractivity (Wildman–Crippen MR) is 80.5 cm³/mol. The molecule has 2 rings (SSSR count). The maximum absolute atomic E-state index is 5.45. The molecule has 3 heteroatoms. The van der Waals surface area contributed by atoms with Gasteiger partial charge in [0.15, 0.2) is 0 Å². The Morgan fingerprint density at radius 1 is 1.11 bits per heavy atom. The lowest BCUT2D eigenvalue weighted by molar-refractivity contribution is 0.0535. The topological polar surface area (TPSA) is 24.5 Å². The molecule has 1 heterocycles. The van der Waals surface area contributed by atoms with Gasteiger partial charge < -0.3 is 15.0 Å². The molecule has 0 aromatic carbocycles. The number of nitrogens with zero attached hydrogens (tertiary/aromatic N) is 1. The van der Waals surface area contributed by atoms with Crippen molar-refractivity contribution in [2.45, 2.75) is 51.0 Å². The molecule has 0 aromatic rings. The number of nitrogens with one attached hydrogen (secondary N) is 1. The molecule has 2 aliphatic rings. The van der Waals surface area contributed by atoms with E-state index in [0.29, 0.717) is 6.04 Å². The van der Waals surface area contributed by atoms with Crippen LogP contribution in [0.3, 0.4) is 0 Å². The Kier molecular flexibility index (Phi) is 6.62. The summed E-state index contributed by atoms with van der Waals surface area (Å²) in [6.45, 7) is 4.39. The van der Waals surface area contributed by atoms with Gasteiger partial charge in [-0.15, -0.1) is 0 Å². The van der Waals surface area contributed by atoms with E-state index in [1.54, 1.807) is 0 Å². The molecule has 1 aliphatic carbocycles. The highest BCUT2D eigenvalue weighted by Gasteiger charge is 2.24. The molecule has 0 aromatic heterocycles. The maximum atomic E-state index is 5.45. The van der Waals surface area contributed by atoms with Gasteiger partial charge in [-0.2, -0.15) is 0 Å². The molecule has 0 amide bonds. The zero-order chi connectivity index (χ0) is 13.5. The van der Waals surface area contributed by atoms with Crippen molar-refractivity contribution < 1.29 is 4.74 Å². The normalized spacial score (nSPS) is 24.8. The van der Waals surface area contributed by atoms with Gasteiger partial charge in [-0.25, -0.2) is 0 Å². The summed E-state index contributed by atoms with van der Waals surface area (Å²) in [6.07, 6.45) is 9.67. The Hall–Kier alpha value is -0.120. The second-order valence-corrected chi connectivity index (χ2v) is 6.57. The van der Waals surface area contributed by atoms with Crippen LogP contribution in [0.5, 0.6) is 0 Å². The van der Waals surface area contributed by atoms with Crippen LogP contribution in [0.15, 0.2) is 0 Å². The summed E-state index contributed by atoms with van der Waals surface area (Å²) in [7, 11) is 4.43. The first-order chi connectivity index (χ1) is 9.29. The van der Waals surface area contributed by atoms with Crippen molar-refractivity contribution in [1.29, 1.82) is 0 Å². The third kappa shape index (κ3) is 5.05. The lowest BCUT2D eigenvalue weighted by atomic mass is 9.83. The van der Waals surface area contributed by atoms with Crippen molar-refractivity contribution >= 4 is 0 Å². The average molecular weight is 268 g/mol. The van der Waals surface area contributed by atoms with Crippen LogP contribution in [-0.2, 0) is 4.74 Å². The minimum absolute atomic E-state index is 0.685. The fourth-order valence-electron chi connectivity index (χ4n) is 3.79. The van der Waals surface area contributed by atoms with E-state index in [1.165, 1.54) is 58.0 Å². The summed E-state index contributed by atoms with van der Waals surface area (Å²) in [5, 5.41) is 3.57. The molecule has 2 fully saturated rings. The number of ether oxygens (including phenoxy) is 1. The highest BCUT2D eigenvalue weighted by molar-refractivity contribution is 4.81.